The molecule has 166 valence electrons. The van der Waals surface area contributed by atoms with Gasteiger partial charge in [-0.25, -0.2) is 0 Å². The number of carbonyl (C=O) groups excluding carboxylic acids is 2. The first kappa shape index (κ1) is 23.0. The summed E-state index contributed by atoms with van der Waals surface area (Å²) in [6, 6.07) is 10.1. The van der Waals surface area contributed by atoms with Crippen molar-refractivity contribution in [2.24, 2.45) is 0 Å². The lowest BCUT2D eigenvalue weighted by atomic mass is 10.0. The Balaban J connectivity index is 2.01. The highest BCUT2D eigenvalue weighted by Gasteiger charge is 2.34. The van der Waals surface area contributed by atoms with Crippen molar-refractivity contribution in [3.8, 4) is 17.2 Å². The molecule has 1 heterocycles. The van der Waals surface area contributed by atoms with Crippen LogP contribution < -0.4 is 19.7 Å². The number of anilines is 1. The minimum atomic E-state index is -0.599. The summed E-state index contributed by atoms with van der Waals surface area (Å²) in [7, 11) is 0. The van der Waals surface area contributed by atoms with Gasteiger partial charge in [0.2, 0.25) is 0 Å². The number of hydrogen-bond acceptors (Lipinski definition) is 6. The Morgan fingerprint density at radius 1 is 1.12 bits per heavy atom. The molecule has 3 rings (SSSR count). The molecule has 0 spiro atoms. The first-order valence-corrected chi connectivity index (χ1v) is 10.5. The molecule has 8 heteroatoms. The topological polar surface area (TPSA) is 88.1 Å². The fourth-order valence-electron chi connectivity index (χ4n) is 3.27. The number of ether oxygens (including phenoxy) is 2. The summed E-state index contributed by atoms with van der Waals surface area (Å²) in [4.78, 5) is 27.1. The molecule has 0 atom stereocenters. The molecular weight excluding hydrogens is 428 g/mol. The maximum atomic E-state index is 13.2. The maximum absolute atomic E-state index is 13.2. The van der Waals surface area contributed by atoms with Gasteiger partial charge >= 0.3 is 0 Å². The van der Waals surface area contributed by atoms with Crippen molar-refractivity contribution < 1.29 is 24.2 Å². The van der Waals surface area contributed by atoms with E-state index in [0.717, 1.165) is 0 Å². The fourth-order valence-corrected chi connectivity index (χ4v) is 3.55. The number of thiocarbonyl (C=S) groups is 1. The van der Waals surface area contributed by atoms with Gasteiger partial charge in [-0.1, -0.05) is 6.08 Å². The fraction of sp³-hybridized carbons (Fsp3) is 0.208. The predicted octanol–water partition coefficient (Wildman–Crippen LogP) is 3.75. The van der Waals surface area contributed by atoms with E-state index in [4.69, 9.17) is 21.7 Å². The standard InChI is InChI=1S/C24H24N2O5S/c1-4-7-16-12-15(14-20(21(16)27)31-6-3)13-19-22(28)25-24(32)26(23(19)29)17-8-10-18(11-9-17)30-5-2/h4,8-14,27H,1,5-7H2,2-3H3,(H,25,28,32)/b19-13-. The summed E-state index contributed by atoms with van der Waals surface area (Å²) in [5, 5.41) is 13.0. The Morgan fingerprint density at radius 2 is 1.81 bits per heavy atom. The van der Waals surface area contributed by atoms with E-state index in [1.54, 1.807) is 49.4 Å². The second kappa shape index (κ2) is 10.1. The highest BCUT2D eigenvalue weighted by molar-refractivity contribution is 7.80. The minimum absolute atomic E-state index is 0.00511. The van der Waals surface area contributed by atoms with E-state index in [2.05, 4.69) is 11.9 Å². The number of hydrogen-bond donors (Lipinski definition) is 2. The Kier molecular flexibility index (Phi) is 7.27. The zero-order valence-electron chi connectivity index (χ0n) is 17.9. The summed E-state index contributed by atoms with van der Waals surface area (Å²) in [5.74, 6) is -0.224. The lowest BCUT2D eigenvalue weighted by Gasteiger charge is -2.29. The van der Waals surface area contributed by atoms with Crippen molar-refractivity contribution in [2.75, 3.05) is 18.1 Å². The molecule has 32 heavy (non-hydrogen) atoms. The number of aromatic hydroxyl groups is 1. The SMILES string of the molecule is C=CCc1cc(/C=C2/C(=O)NC(=S)N(c3ccc(OCC)cc3)C2=O)cc(OCC)c1O. The summed E-state index contributed by atoms with van der Waals surface area (Å²) in [6.45, 7) is 8.24. The van der Waals surface area contributed by atoms with Crippen LogP contribution in [0.1, 0.15) is 25.0 Å². The van der Waals surface area contributed by atoms with Crippen molar-refractivity contribution >= 4 is 40.9 Å². The molecule has 0 aliphatic carbocycles. The molecular formula is C24H24N2O5S. The molecule has 0 bridgehead atoms. The van der Waals surface area contributed by atoms with Gasteiger partial charge in [0.1, 0.15) is 11.3 Å². The van der Waals surface area contributed by atoms with Crippen LogP contribution in [0.5, 0.6) is 17.2 Å². The van der Waals surface area contributed by atoms with E-state index in [9.17, 15) is 14.7 Å². The van der Waals surface area contributed by atoms with Crippen molar-refractivity contribution in [1.29, 1.82) is 0 Å². The van der Waals surface area contributed by atoms with Crippen molar-refractivity contribution in [1.82, 2.24) is 5.32 Å². The van der Waals surface area contributed by atoms with Gasteiger partial charge in [0, 0.05) is 5.56 Å². The van der Waals surface area contributed by atoms with Crippen LogP contribution >= 0.6 is 12.2 Å². The monoisotopic (exact) mass is 452 g/mol. The number of carbonyl (C=O) groups is 2. The highest BCUT2D eigenvalue weighted by Crippen LogP contribution is 2.34. The summed E-state index contributed by atoms with van der Waals surface area (Å²) < 4.78 is 10.9. The van der Waals surface area contributed by atoms with E-state index in [1.807, 2.05) is 6.92 Å². The van der Waals surface area contributed by atoms with E-state index in [0.29, 0.717) is 42.2 Å². The second-order valence-electron chi connectivity index (χ2n) is 6.84. The molecule has 1 fully saturated rings. The van der Waals surface area contributed by atoms with Crippen molar-refractivity contribution in [3.63, 3.8) is 0 Å². The number of nitrogens with one attached hydrogen (secondary N) is 1. The molecule has 0 aromatic heterocycles. The van der Waals surface area contributed by atoms with E-state index in [1.165, 1.54) is 11.0 Å². The zero-order chi connectivity index (χ0) is 23.3. The van der Waals surface area contributed by atoms with Crippen molar-refractivity contribution in [2.45, 2.75) is 20.3 Å². The minimum Gasteiger partial charge on any atom is -0.504 e. The molecule has 0 unspecified atom stereocenters. The van der Waals surface area contributed by atoms with Gasteiger partial charge in [-0.05, 0) is 80.5 Å². The third-order valence-corrected chi connectivity index (χ3v) is 4.94. The molecule has 2 aromatic carbocycles. The van der Waals surface area contributed by atoms with Gasteiger partial charge in [-0.3, -0.25) is 19.8 Å². The average molecular weight is 453 g/mol. The van der Waals surface area contributed by atoms with E-state index >= 15 is 0 Å². The molecule has 7 nitrogen and oxygen atoms in total. The number of benzene rings is 2. The van der Waals surface area contributed by atoms with Gasteiger partial charge in [-0.15, -0.1) is 6.58 Å². The molecule has 1 saturated heterocycles. The third kappa shape index (κ3) is 4.81. The summed E-state index contributed by atoms with van der Waals surface area (Å²) >= 11 is 5.24. The van der Waals surface area contributed by atoms with Crippen molar-refractivity contribution in [3.05, 3.63) is 65.8 Å². The van der Waals surface area contributed by atoms with Gasteiger partial charge in [0.05, 0.1) is 18.9 Å². The zero-order valence-corrected chi connectivity index (χ0v) is 18.7. The number of phenols is 1. The Labute approximate surface area is 191 Å². The van der Waals surface area contributed by atoms with Crippen LogP contribution in [0.25, 0.3) is 6.08 Å². The smallest absolute Gasteiger partial charge is 0.270 e. The third-order valence-electron chi connectivity index (χ3n) is 4.66. The summed E-state index contributed by atoms with van der Waals surface area (Å²) in [6.07, 6.45) is 3.49. The molecule has 2 aromatic rings. The number of allylic oxidation sites excluding steroid dienone is 1. The molecule has 1 aliphatic heterocycles. The number of nitrogens with zero attached hydrogens (tertiary/aromatic N) is 1. The summed E-state index contributed by atoms with van der Waals surface area (Å²) in [5.41, 5.74) is 1.51. The molecule has 2 amide bonds. The Morgan fingerprint density at radius 3 is 2.44 bits per heavy atom. The quantitative estimate of drug-likeness (QED) is 0.275. The van der Waals surface area contributed by atoms with Crippen LogP contribution in [0.4, 0.5) is 5.69 Å². The lowest BCUT2D eigenvalue weighted by molar-refractivity contribution is -0.122. The van der Waals surface area contributed by atoms with Crippen LogP contribution in [0.3, 0.4) is 0 Å². The Hall–Kier alpha value is -3.65. The first-order valence-electron chi connectivity index (χ1n) is 10.1. The lowest BCUT2D eigenvalue weighted by Crippen LogP contribution is -2.54. The number of rotatable bonds is 8. The van der Waals surface area contributed by atoms with Crippen LogP contribution in [-0.2, 0) is 16.0 Å². The molecule has 1 aliphatic rings. The van der Waals surface area contributed by atoms with Gasteiger partial charge in [-0.2, -0.15) is 0 Å². The van der Waals surface area contributed by atoms with Crippen LogP contribution in [-0.4, -0.2) is 35.2 Å². The second-order valence-corrected chi connectivity index (χ2v) is 7.22. The van der Waals surface area contributed by atoms with Crippen LogP contribution in [0, 0.1) is 0 Å². The highest BCUT2D eigenvalue weighted by atomic mass is 32.1. The number of amides is 2. The van der Waals surface area contributed by atoms with E-state index in [-0.39, 0.29) is 22.2 Å². The average Bonchev–Trinajstić information content (AvgIpc) is 2.76. The normalized spacial score (nSPS) is 15.0. The first-order chi connectivity index (χ1) is 15.4. The van der Waals surface area contributed by atoms with Gasteiger partial charge in [0.15, 0.2) is 16.6 Å². The van der Waals surface area contributed by atoms with Gasteiger partial charge in [0.25, 0.3) is 11.8 Å². The molecule has 0 saturated carbocycles. The molecule has 0 radical (unpaired) electrons. The molecule has 2 N–H and O–H groups in total. The van der Waals surface area contributed by atoms with E-state index < -0.39 is 11.8 Å². The predicted molar refractivity (Wildman–Crippen MR) is 127 cm³/mol. The number of phenolic OH excluding ortho intramolecular Hbond substituents is 1. The van der Waals surface area contributed by atoms with Gasteiger partial charge < -0.3 is 14.6 Å². The van der Waals surface area contributed by atoms with Crippen LogP contribution in [0.2, 0.25) is 0 Å². The van der Waals surface area contributed by atoms with Crippen LogP contribution in [0.15, 0.2) is 54.6 Å². The largest absolute Gasteiger partial charge is 0.504 e. The Bertz CT molecular complexity index is 1090. The maximum Gasteiger partial charge on any atom is 0.270 e.